The van der Waals surface area contributed by atoms with Gasteiger partial charge in [-0.25, -0.2) is 0 Å². The molecule has 0 saturated carbocycles. The summed E-state index contributed by atoms with van der Waals surface area (Å²) < 4.78 is 0. The van der Waals surface area contributed by atoms with E-state index in [9.17, 15) is 5.11 Å². The Bertz CT molecular complexity index is 326. The maximum Gasteiger partial charge on any atom is 0.139 e. The predicted octanol–water partition coefficient (Wildman–Crippen LogP) is 0.788. The SMILES string of the molecule is C#Cc1cnc(C(C)N)c(O)c1. The molecule has 0 aliphatic heterocycles. The summed E-state index contributed by atoms with van der Waals surface area (Å²) in [7, 11) is 0. The van der Waals surface area contributed by atoms with Crippen LogP contribution in [0, 0.1) is 12.3 Å². The third-order valence-corrected chi connectivity index (χ3v) is 1.50. The molecule has 1 aromatic heterocycles. The van der Waals surface area contributed by atoms with E-state index in [-0.39, 0.29) is 11.8 Å². The van der Waals surface area contributed by atoms with Crippen molar-refractivity contribution in [2.45, 2.75) is 13.0 Å². The smallest absolute Gasteiger partial charge is 0.139 e. The Morgan fingerprint density at radius 1 is 1.75 bits per heavy atom. The highest BCUT2D eigenvalue weighted by atomic mass is 16.3. The third-order valence-electron chi connectivity index (χ3n) is 1.50. The molecule has 3 N–H and O–H groups in total. The molecule has 3 heteroatoms. The van der Waals surface area contributed by atoms with E-state index in [1.54, 1.807) is 6.92 Å². The molecule has 1 unspecified atom stereocenters. The van der Waals surface area contributed by atoms with Gasteiger partial charge in [-0.1, -0.05) is 5.92 Å². The minimum atomic E-state index is -0.281. The lowest BCUT2D eigenvalue weighted by atomic mass is 10.2. The van der Waals surface area contributed by atoms with Crippen molar-refractivity contribution in [1.29, 1.82) is 0 Å². The van der Waals surface area contributed by atoms with Crippen molar-refractivity contribution in [3.63, 3.8) is 0 Å². The van der Waals surface area contributed by atoms with Crippen LogP contribution in [0.2, 0.25) is 0 Å². The van der Waals surface area contributed by atoms with Crippen molar-refractivity contribution in [3.8, 4) is 18.1 Å². The average Bonchev–Trinajstić information content (AvgIpc) is 2.03. The van der Waals surface area contributed by atoms with Gasteiger partial charge in [0.05, 0.1) is 5.69 Å². The zero-order valence-electron chi connectivity index (χ0n) is 6.78. The number of nitrogens with two attached hydrogens (primary N) is 1. The molecule has 0 bridgehead atoms. The van der Waals surface area contributed by atoms with E-state index in [2.05, 4.69) is 10.9 Å². The third kappa shape index (κ3) is 1.55. The molecule has 0 aliphatic rings. The fraction of sp³-hybridized carbons (Fsp3) is 0.222. The van der Waals surface area contributed by atoms with Gasteiger partial charge in [-0.05, 0) is 13.0 Å². The Morgan fingerprint density at radius 2 is 2.42 bits per heavy atom. The second kappa shape index (κ2) is 3.24. The maximum absolute atomic E-state index is 9.35. The molecule has 1 heterocycles. The van der Waals surface area contributed by atoms with Crippen LogP contribution in [0.1, 0.15) is 24.2 Å². The molecule has 1 aromatic rings. The minimum Gasteiger partial charge on any atom is -0.506 e. The Balaban J connectivity index is 3.14. The highest BCUT2D eigenvalue weighted by molar-refractivity contribution is 5.39. The number of aromatic nitrogens is 1. The normalized spacial score (nSPS) is 12.1. The largest absolute Gasteiger partial charge is 0.506 e. The molecular formula is C9H10N2O. The predicted molar refractivity (Wildman–Crippen MR) is 46.4 cm³/mol. The molecule has 1 atom stereocenters. The van der Waals surface area contributed by atoms with Crippen LogP contribution in [0.5, 0.6) is 5.75 Å². The second-order valence-electron chi connectivity index (χ2n) is 2.56. The second-order valence-corrected chi connectivity index (χ2v) is 2.56. The van der Waals surface area contributed by atoms with Crippen LogP contribution < -0.4 is 5.73 Å². The lowest BCUT2D eigenvalue weighted by molar-refractivity contribution is 0.458. The zero-order valence-corrected chi connectivity index (χ0v) is 6.78. The van der Waals surface area contributed by atoms with Gasteiger partial charge in [-0.3, -0.25) is 4.98 Å². The van der Waals surface area contributed by atoms with Crippen LogP contribution in [0.25, 0.3) is 0 Å². The van der Waals surface area contributed by atoms with Crippen molar-refractivity contribution >= 4 is 0 Å². The average molecular weight is 162 g/mol. The quantitative estimate of drug-likeness (QED) is 0.600. The summed E-state index contributed by atoms with van der Waals surface area (Å²) in [4.78, 5) is 3.93. The van der Waals surface area contributed by atoms with Crippen LogP contribution >= 0.6 is 0 Å². The summed E-state index contributed by atoms with van der Waals surface area (Å²) in [5, 5.41) is 9.35. The lowest BCUT2D eigenvalue weighted by Gasteiger charge is -2.06. The van der Waals surface area contributed by atoms with E-state index < -0.39 is 0 Å². The molecule has 0 spiro atoms. The van der Waals surface area contributed by atoms with Gasteiger partial charge in [-0.2, -0.15) is 0 Å². The van der Waals surface area contributed by atoms with Gasteiger partial charge in [0.1, 0.15) is 5.75 Å². The summed E-state index contributed by atoms with van der Waals surface area (Å²) in [5.74, 6) is 2.43. The molecule has 62 valence electrons. The minimum absolute atomic E-state index is 0.0560. The topological polar surface area (TPSA) is 59.1 Å². The van der Waals surface area contributed by atoms with Gasteiger partial charge < -0.3 is 10.8 Å². The van der Waals surface area contributed by atoms with Gasteiger partial charge in [0.25, 0.3) is 0 Å². The Morgan fingerprint density at radius 3 is 2.83 bits per heavy atom. The van der Waals surface area contributed by atoms with Crippen LogP contribution in [0.15, 0.2) is 12.3 Å². The van der Waals surface area contributed by atoms with Gasteiger partial charge >= 0.3 is 0 Å². The first-order valence-corrected chi connectivity index (χ1v) is 3.56. The van der Waals surface area contributed by atoms with Gasteiger partial charge in [0, 0.05) is 17.8 Å². The van der Waals surface area contributed by atoms with Crippen LogP contribution in [0.3, 0.4) is 0 Å². The molecule has 0 fully saturated rings. The fourth-order valence-electron chi connectivity index (χ4n) is 0.893. The lowest BCUT2D eigenvalue weighted by Crippen LogP contribution is -2.07. The molecule has 0 saturated heterocycles. The molecular weight excluding hydrogens is 152 g/mol. The molecule has 1 rings (SSSR count). The molecule has 12 heavy (non-hydrogen) atoms. The van der Waals surface area contributed by atoms with Crippen LogP contribution in [0.4, 0.5) is 0 Å². The van der Waals surface area contributed by atoms with E-state index in [1.165, 1.54) is 12.3 Å². The van der Waals surface area contributed by atoms with E-state index in [4.69, 9.17) is 12.2 Å². The Kier molecular flexibility index (Phi) is 2.32. The zero-order chi connectivity index (χ0) is 9.14. The first-order valence-electron chi connectivity index (χ1n) is 3.56. The number of rotatable bonds is 1. The first-order chi connectivity index (χ1) is 5.65. The molecule has 0 radical (unpaired) electrons. The standard InChI is InChI=1S/C9H10N2O/c1-3-7-4-8(12)9(6(2)10)11-5-7/h1,4-6,12H,10H2,2H3. The first kappa shape index (κ1) is 8.57. The number of pyridine rings is 1. The van der Waals surface area contributed by atoms with Gasteiger partial charge in [0.2, 0.25) is 0 Å². The van der Waals surface area contributed by atoms with Gasteiger partial charge in [-0.15, -0.1) is 6.42 Å². The van der Waals surface area contributed by atoms with Crippen molar-refractivity contribution in [1.82, 2.24) is 4.98 Å². The summed E-state index contributed by atoms with van der Waals surface area (Å²) in [6.45, 7) is 1.75. The summed E-state index contributed by atoms with van der Waals surface area (Å²) >= 11 is 0. The number of aromatic hydroxyl groups is 1. The van der Waals surface area contributed by atoms with E-state index >= 15 is 0 Å². The molecule has 0 aliphatic carbocycles. The fourth-order valence-corrected chi connectivity index (χ4v) is 0.893. The highest BCUT2D eigenvalue weighted by Gasteiger charge is 2.07. The van der Waals surface area contributed by atoms with E-state index in [0.717, 1.165) is 0 Å². The number of terminal acetylenes is 1. The van der Waals surface area contributed by atoms with E-state index in [1.807, 2.05) is 0 Å². The van der Waals surface area contributed by atoms with Crippen molar-refractivity contribution in [2.75, 3.05) is 0 Å². The van der Waals surface area contributed by atoms with Gasteiger partial charge in [0.15, 0.2) is 0 Å². The van der Waals surface area contributed by atoms with Crippen LogP contribution in [-0.2, 0) is 0 Å². The monoisotopic (exact) mass is 162 g/mol. The molecule has 3 nitrogen and oxygen atoms in total. The summed E-state index contributed by atoms with van der Waals surface area (Å²) in [6, 6.07) is 1.20. The molecule has 0 aromatic carbocycles. The highest BCUT2D eigenvalue weighted by Crippen LogP contribution is 2.20. The molecule has 0 amide bonds. The maximum atomic E-state index is 9.35. The number of nitrogens with zero attached hydrogens (tertiary/aromatic N) is 1. The number of hydrogen-bond acceptors (Lipinski definition) is 3. The Hall–Kier alpha value is -1.53. The number of hydrogen-bond donors (Lipinski definition) is 2. The summed E-state index contributed by atoms with van der Waals surface area (Å²) in [5.41, 5.74) is 6.55. The van der Waals surface area contributed by atoms with E-state index in [0.29, 0.717) is 11.3 Å². The van der Waals surface area contributed by atoms with Crippen molar-refractivity contribution in [3.05, 3.63) is 23.5 Å². The Labute approximate surface area is 71.2 Å². The summed E-state index contributed by atoms with van der Waals surface area (Å²) in [6.07, 6.45) is 6.62. The van der Waals surface area contributed by atoms with Crippen LogP contribution in [-0.4, -0.2) is 10.1 Å². The van der Waals surface area contributed by atoms with Crippen molar-refractivity contribution < 1.29 is 5.11 Å². The van der Waals surface area contributed by atoms with Crippen molar-refractivity contribution in [2.24, 2.45) is 5.73 Å².